The van der Waals surface area contributed by atoms with E-state index >= 15 is 0 Å². The number of esters is 3. The van der Waals surface area contributed by atoms with E-state index in [1.165, 1.54) is 212 Å². The number of carbonyl (C=O) groups is 3. The Morgan fingerprint density at radius 3 is 0.881 bits per heavy atom. The Labute approximate surface area is 416 Å². The van der Waals surface area contributed by atoms with E-state index in [-0.39, 0.29) is 37.5 Å². The van der Waals surface area contributed by atoms with E-state index in [1.54, 1.807) is 0 Å². The Morgan fingerprint density at radius 2 is 0.552 bits per heavy atom. The number of ether oxygens (including phenoxy) is 3. The molecule has 0 amide bonds. The first-order valence-electron chi connectivity index (χ1n) is 29.5. The average Bonchev–Trinajstić information content (AvgIpc) is 3.33. The van der Waals surface area contributed by atoms with Crippen molar-refractivity contribution in [1.29, 1.82) is 0 Å². The van der Waals surface area contributed by atoms with Crippen LogP contribution in [0.25, 0.3) is 0 Å². The van der Waals surface area contributed by atoms with Gasteiger partial charge in [0, 0.05) is 19.3 Å². The normalized spacial score (nSPS) is 12.2. The van der Waals surface area contributed by atoms with Gasteiger partial charge in [-0.1, -0.05) is 282 Å². The van der Waals surface area contributed by atoms with Gasteiger partial charge < -0.3 is 14.2 Å². The van der Waals surface area contributed by atoms with Crippen LogP contribution in [0, 0.1) is 0 Å². The second kappa shape index (κ2) is 56.2. The largest absolute Gasteiger partial charge is 0.462 e. The topological polar surface area (TPSA) is 78.9 Å². The summed E-state index contributed by atoms with van der Waals surface area (Å²) in [5.41, 5.74) is 0. The molecule has 0 aromatic carbocycles. The first kappa shape index (κ1) is 64.6. The molecular formula is C61H112O6. The van der Waals surface area contributed by atoms with Crippen LogP contribution in [0.15, 0.2) is 36.5 Å². The SMILES string of the molecule is CCCCCCCC/C=C\C/C=C\C/C=C\CCCC(=O)OC(COC(=O)CCCCCCCCCCCCCCCC)COC(=O)CCCCCCCCCCCCCCCCCCCC. The van der Waals surface area contributed by atoms with Gasteiger partial charge in [0.15, 0.2) is 6.10 Å². The van der Waals surface area contributed by atoms with Crippen LogP contribution in [-0.4, -0.2) is 37.2 Å². The van der Waals surface area contributed by atoms with Crippen molar-refractivity contribution >= 4 is 17.9 Å². The van der Waals surface area contributed by atoms with E-state index in [0.29, 0.717) is 19.3 Å². The quantitative estimate of drug-likeness (QED) is 0.0262. The fourth-order valence-electron chi connectivity index (χ4n) is 8.70. The fraction of sp³-hybridized carbons (Fsp3) is 0.852. The molecule has 0 aliphatic rings. The van der Waals surface area contributed by atoms with Crippen LogP contribution in [0.5, 0.6) is 0 Å². The molecule has 0 bridgehead atoms. The number of rotatable bonds is 54. The molecule has 0 saturated carbocycles. The van der Waals surface area contributed by atoms with Crippen molar-refractivity contribution < 1.29 is 28.6 Å². The van der Waals surface area contributed by atoms with Crippen LogP contribution in [0.2, 0.25) is 0 Å². The summed E-state index contributed by atoms with van der Waals surface area (Å²) in [5.74, 6) is -0.920. The van der Waals surface area contributed by atoms with Crippen LogP contribution in [0.4, 0.5) is 0 Å². The van der Waals surface area contributed by atoms with E-state index in [0.717, 1.165) is 57.8 Å². The molecule has 0 saturated heterocycles. The molecule has 0 aromatic heterocycles. The molecule has 392 valence electrons. The van der Waals surface area contributed by atoms with Crippen molar-refractivity contribution in [2.24, 2.45) is 0 Å². The number of carbonyl (C=O) groups excluding carboxylic acids is 3. The maximum atomic E-state index is 12.8. The minimum Gasteiger partial charge on any atom is -0.462 e. The molecule has 6 nitrogen and oxygen atoms in total. The van der Waals surface area contributed by atoms with Crippen molar-refractivity contribution in [3.63, 3.8) is 0 Å². The summed E-state index contributed by atoms with van der Waals surface area (Å²) < 4.78 is 16.8. The molecule has 1 unspecified atom stereocenters. The molecule has 0 heterocycles. The minimum atomic E-state index is -0.794. The maximum absolute atomic E-state index is 12.8. The molecule has 0 fully saturated rings. The summed E-state index contributed by atoms with van der Waals surface area (Å²) in [6, 6.07) is 0. The zero-order valence-electron chi connectivity index (χ0n) is 44.9. The van der Waals surface area contributed by atoms with Crippen LogP contribution in [0.1, 0.15) is 316 Å². The summed E-state index contributed by atoms with van der Waals surface area (Å²) in [7, 11) is 0. The molecule has 0 N–H and O–H groups in total. The van der Waals surface area contributed by atoms with Crippen molar-refractivity contribution in [2.75, 3.05) is 13.2 Å². The van der Waals surface area contributed by atoms with Crippen LogP contribution in [0.3, 0.4) is 0 Å². The third-order valence-corrected chi connectivity index (χ3v) is 13.1. The monoisotopic (exact) mass is 941 g/mol. The Kier molecular flexibility index (Phi) is 54.2. The molecule has 0 aliphatic carbocycles. The molecule has 0 radical (unpaired) electrons. The highest BCUT2D eigenvalue weighted by molar-refractivity contribution is 5.71. The lowest BCUT2D eigenvalue weighted by atomic mass is 10.0. The predicted molar refractivity (Wildman–Crippen MR) is 289 cm³/mol. The number of unbranched alkanes of at least 4 members (excludes halogenated alkanes) is 37. The Balaban J connectivity index is 4.39. The summed E-state index contributed by atoms with van der Waals surface area (Å²) in [4.78, 5) is 38.1. The first-order valence-corrected chi connectivity index (χ1v) is 29.5. The zero-order valence-corrected chi connectivity index (χ0v) is 44.9. The average molecular weight is 942 g/mol. The standard InChI is InChI=1S/C61H112O6/c1-4-7-10-13-16-19-22-25-28-30-32-33-36-39-42-45-48-51-54-60(63)66-57-58(56-65-59(62)53-50-47-44-41-38-35-27-24-21-18-15-12-9-6-3)67-61(64)55-52-49-46-43-40-37-34-31-29-26-23-20-17-14-11-8-5-2/h26,29,34,37,43,46,58H,4-25,27-28,30-33,35-36,38-42,44-45,47-57H2,1-3H3/b29-26-,37-34-,46-43-. The molecular weight excluding hydrogens is 829 g/mol. The lowest BCUT2D eigenvalue weighted by Gasteiger charge is -2.18. The summed E-state index contributed by atoms with van der Waals surface area (Å²) in [6.45, 7) is 6.64. The van der Waals surface area contributed by atoms with Gasteiger partial charge in [-0.3, -0.25) is 14.4 Å². The van der Waals surface area contributed by atoms with Crippen LogP contribution >= 0.6 is 0 Å². The Hall–Kier alpha value is -2.37. The minimum absolute atomic E-state index is 0.0871. The van der Waals surface area contributed by atoms with Crippen molar-refractivity contribution in [3.05, 3.63) is 36.5 Å². The van der Waals surface area contributed by atoms with E-state index < -0.39 is 6.10 Å². The second-order valence-electron chi connectivity index (χ2n) is 19.9. The third-order valence-electron chi connectivity index (χ3n) is 13.1. The van der Waals surface area contributed by atoms with Crippen molar-refractivity contribution in [2.45, 2.75) is 322 Å². The van der Waals surface area contributed by atoms with E-state index in [2.05, 4.69) is 57.2 Å². The molecule has 67 heavy (non-hydrogen) atoms. The molecule has 0 aliphatic heterocycles. The van der Waals surface area contributed by atoms with Crippen molar-refractivity contribution in [3.8, 4) is 0 Å². The van der Waals surface area contributed by atoms with E-state index in [4.69, 9.17) is 14.2 Å². The van der Waals surface area contributed by atoms with Crippen LogP contribution < -0.4 is 0 Å². The smallest absolute Gasteiger partial charge is 0.306 e. The maximum Gasteiger partial charge on any atom is 0.306 e. The molecule has 0 aromatic rings. The number of allylic oxidation sites excluding steroid dienone is 6. The highest BCUT2D eigenvalue weighted by Gasteiger charge is 2.19. The van der Waals surface area contributed by atoms with Gasteiger partial charge in [-0.05, 0) is 51.4 Å². The molecule has 6 heteroatoms. The third kappa shape index (κ3) is 54.4. The highest BCUT2D eigenvalue weighted by Crippen LogP contribution is 2.17. The lowest BCUT2D eigenvalue weighted by molar-refractivity contribution is -0.167. The van der Waals surface area contributed by atoms with Crippen molar-refractivity contribution in [1.82, 2.24) is 0 Å². The summed E-state index contributed by atoms with van der Waals surface area (Å²) in [5, 5.41) is 0. The number of hydrogen-bond acceptors (Lipinski definition) is 6. The Bertz CT molecular complexity index is 1130. The lowest BCUT2D eigenvalue weighted by Crippen LogP contribution is -2.30. The van der Waals surface area contributed by atoms with Gasteiger partial charge in [0.1, 0.15) is 13.2 Å². The fourth-order valence-corrected chi connectivity index (χ4v) is 8.70. The molecule has 0 spiro atoms. The van der Waals surface area contributed by atoms with Gasteiger partial charge in [-0.25, -0.2) is 0 Å². The zero-order chi connectivity index (χ0) is 48.6. The van der Waals surface area contributed by atoms with Gasteiger partial charge in [-0.15, -0.1) is 0 Å². The molecule has 1 atom stereocenters. The van der Waals surface area contributed by atoms with Gasteiger partial charge in [0.25, 0.3) is 0 Å². The van der Waals surface area contributed by atoms with E-state index in [1.807, 2.05) is 0 Å². The molecule has 0 rings (SSSR count). The predicted octanol–water partition coefficient (Wildman–Crippen LogP) is 19.7. The van der Waals surface area contributed by atoms with E-state index in [9.17, 15) is 14.4 Å². The summed E-state index contributed by atoms with van der Waals surface area (Å²) >= 11 is 0. The second-order valence-corrected chi connectivity index (χ2v) is 19.9. The first-order chi connectivity index (χ1) is 33.0. The van der Waals surface area contributed by atoms with Gasteiger partial charge in [0.2, 0.25) is 0 Å². The summed E-state index contributed by atoms with van der Waals surface area (Å²) in [6.07, 6.45) is 67.1. The Morgan fingerprint density at radius 1 is 0.299 bits per heavy atom. The van der Waals surface area contributed by atoms with Gasteiger partial charge >= 0.3 is 17.9 Å². The van der Waals surface area contributed by atoms with Gasteiger partial charge in [0.05, 0.1) is 0 Å². The highest BCUT2D eigenvalue weighted by atomic mass is 16.6. The van der Waals surface area contributed by atoms with Crippen LogP contribution in [-0.2, 0) is 28.6 Å². The number of hydrogen-bond donors (Lipinski definition) is 0. The van der Waals surface area contributed by atoms with Gasteiger partial charge in [-0.2, -0.15) is 0 Å².